The van der Waals surface area contributed by atoms with Gasteiger partial charge in [0.15, 0.2) is 23.1 Å². The van der Waals surface area contributed by atoms with Crippen LogP contribution in [0.1, 0.15) is 24.5 Å². The van der Waals surface area contributed by atoms with Crippen LogP contribution in [-0.2, 0) is 9.59 Å². The molecular formula is C28H33NO7. The molecule has 0 aliphatic carbocycles. The number of nitrogens with zero attached hydrogens (tertiary/aromatic N) is 1. The Morgan fingerprint density at radius 3 is 2.47 bits per heavy atom. The van der Waals surface area contributed by atoms with Gasteiger partial charge >= 0.3 is 0 Å². The number of aliphatic hydroxyl groups excluding tert-OH is 1. The van der Waals surface area contributed by atoms with Crippen molar-refractivity contribution in [2.24, 2.45) is 0 Å². The zero-order valence-electron chi connectivity index (χ0n) is 20.8. The third-order valence-electron chi connectivity index (χ3n) is 5.57. The lowest BCUT2D eigenvalue weighted by molar-refractivity contribution is -0.121. The molecule has 0 saturated heterocycles. The zero-order valence-corrected chi connectivity index (χ0v) is 20.8. The number of fused-ring (bicyclic) bond motifs is 1. The van der Waals surface area contributed by atoms with Gasteiger partial charge in [0.25, 0.3) is 0 Å². The molecule has 2 aromatic rings. The van der Waals surface area contributed by atoms with Crippen molar-refractivity contribution in [1.82, 2.24) is 4.90 Å². The minimum atomic E-state index is -0.308. The van der Waals surface area contributed by atoms with Crippen LogP contribution >= 0.6 is 0 Å². The fourth-order valence-corrected chi connectivity index (χ4v) is 3.61. The van der Waals surface area contributed by atoms with Gasteiger partial charge in [-0.3, -0.25) is 14.5 Å². The van der Waals surface area contributed by atoms with Crippen molar-refractivity contribution < 1.29 is 33.6 Å². The maximum atomic E-state index is 12.3. The van der Waals surface area contributed by atoms with E-state index in [1.54, 1.807) is 49.6 Å². The molecule has 1 aliphatic rings. The molecule has 0 bridgehead atoms. The molecule has 0 radical (unpaired) electrons. The van der Waals surface area contributed by atoms with Crippen LogP contribution in [0.25, 0.3) is 12.2 Å². The fraction of sp³-hybridized carbons (Fsp3) is 0.357. The Kier molecular flexibility index (Phi) is 10.5. The lowest BCUT2D eigenvalue weighted by Crippen LogP contribution is -2.30. The number of likely N-dealkylation sites (N-methyl/N-ethyl adjacent to an activating group) is 1. The van der Waals surface area contributed by atoms with E-state index in [1.165, 1.54) is 12.2 Å². The summed E-state index contributed by atoms with van der Waals surface area (Å²) in [7, 11) is 1.55. The third-order valence-corrected chi connectivity index (χ3v) is 5.57. The Balaban J connectivity index is 1.51. The maximum absolute atomic E-state index is 12.3. The molecule has 1 N–H and O–H groups in total. The van der Waals surface area contributed by atoms with Gasteiger partial charge in [-0.05, 0) is 54.6 Å². The van der Waals surface area contributed by atoms with E-state index in [4.69, 9.17) is 24.1 Å². The number of ketones is 2. The van der Waals surface area contributed by atoms with Crippen molar-refractivity contribution in [3.63, 3.8) is 0 Å². The number of rotatable bonds is 14. The first-order chi connectivity index (χ1) is 17.5. The van der Waals surface area contributed by atoms with Crippen molar-refractivity contribution in [2.45, 2.75) is 13.3 Å². The van der Waals surface area contributed by atoms with E-state index in [0.29, 0.717) is 61.5 Å². The summed E-state index contributed by atoms with van der Waals surface area (Å²) in [5.74, 6) is 1.93. The van der Waals surface area contributed by atoms with Crippen LogP contribution in [0.2, 0.25) is 0 Å². The molecule has 0 aromatic heterocycles. The lowest BCUT2D eigenvalue weighted by Gasteiger charge is -2.19. The molecule has 2 aromatic carbocycles. The number of benzene rings is 2. The Hall–Kier alpha value is -3.62. The quantitative estimate of drug-likeness (QED) is 0.315. The molecule has 1 heterocycles. The summed E-state index contributed by atoms with van der Waals surface area (Å²) in [4.78, 5) is 26.7. The predicted octanol–water partition coefficient (Wildman–Crippen LogP) is 3.41. The van der Waals surface area contributed by atoms with Gasteiger partial charge in [-0.15, -0.1) is 0 Å². The highest BCUT2D eigenvalue weighted by molar-refractivity contribution is 6.11. The van der Waals surface area contributed by atoms with E-state index in [-0.39, 0.29) is 24.6 Å². The van der Waals surface area contributed by atoms with Gasteiger partial charge in [-0.1, -0.05) is 19.1 Å². The second-order valence-electron chi connectivity index (χ2n) is 8.09. The highest BCUT2D eigenvalue weighted by Gasteiger charge is 2.11. The van der Waals surface area contributed by atoms with Crippen molar-refractivity contribution in [1.29, 1.82) is 0 Å². The second-order valence-corrected chi connectivity index (χ2v) is 8.09. The minimum absolute atomic E-state index is 0.114. The monoisotopic (exact) mass is 495 g/mol. The number of methoxy groups -OCH3 is 1. The molecule has 0 unspecified atom stereocenters. The van der Waals surface area contributed by atoms with E-state index in [9.17, 15) is 9.59 Å². The average Bonchev–Trinajstić information content (AvgIpc) is 2.90. The van der Waals surface area contributed by atoms with Crippen LogP contribution in [0.3, 0.4) is 0 Å². The average molecular weight is 496 g/mol. The summed E-state index contributed by atoms with van der Waals surface area (Å²) in [6.45, 7) is 5.78. The highest BCUT2D eigenvalue weighted by atomic mass is 16.6. The Labute approximate surface area is 211 Å². The van der Waals surface area contributed by atoms with Crippen molar-refractivity contribution in [3.05, 3.63) is 59.7 Å². The fourth-order valence-electron chi connectivity index (χ4n) is 3.61. The minimum Gasteiger partial charge on any atom is -0.496 e. The van der Waals surface area contributed by atoms with Crippen LogP contribution in [0.4, 0.5) is 0 Å². The van der Waals surface area contributed by atoms with Gasteiger partial charge in [-0.25, -0.2) is 0 Å². The Morgan fingerprint density at radius 1 is 1.00 bits per heavy atom. The molecule has 0 amide bonds. The van der Waals surface area contributed by atoms with Gasteiger partial charge in [0.05, 0.1) is 20.1 Å². The van der Waals surface area contributed by atoms with Gasteiger partial charge < -0.3 is 24.1 Å². The summed E-state index contributed by atoms with van der Waals surface area (Å²) in [6.07, 6.45) is 5.82. The highest BCUT2D eigenvalue weighted by Crippen LogP contribution is 2.31. The smallest absolute Gasteiger partial charge is 0.163 e. The molecule has 192 valence electrons. The zero-order chi connectivity index (χ0) is 25.8. The number of hydrogen-bond donors (Lipinski definition) is 1. The van der Waals surface area contributed by atoms with Gasteiger partial charge in [0, 0.05) is 24.7 Å². The van der Waals surface area contributed by atoms with Crippen LogP contribution in [0.15, 0.2) is 48.6 Å². The van der Waals surface area contributed by atoms with E-state index in [0.717, 1.165) is 12.1 Å². The van der Waals surface area contributed by atoms with E-state index in [1.807, 2.05) is 13.0 Å². The number of allylic oxidation sites excluding steroid dienone is 2. The van der Waals surface area contributed by atoms with Gasteiger partial charge in [0.1, 0.15) is 31.3 Å². The third kappa shape index (κ3) is 8.25. The number of carbonyl (C=O) groups excluding carboxylic acids is 2. The van der Waals surface area contributed by atoms with Crippen LogP contribution in [-0.4, -0.2) is 74.7 Å². The predicted molar refractivity (Wildman–Crippen MR) is 138 cm³/mol. The first-order valence-corrected chi connectivity index (χ1v) is 12.0. The molecule has 8 heteroatoms. The van der Waals surface area contributed by atoms with Crippen molar-refractivity contribution in [3.8, 4) is 23.0 Å². The summed E-state index contributed by atoms with van der Waals surface area (Å²) in [6, 6.07) is 10.8. The van der Waals surface area contributed by atoms with Gasteiger partial charge in [0.2, 0.25) is 0 Å². The van der Waals surface area contributed by atoms with Crippen molar-refractivity contribution in [2.75, 3.05) is 53.2 Å². The van der Waals surface area contributed by atoms with Crippen LogP contribution < -0.4 is 18.9 Å². The van der Waals surface area contributed by atoms with E-state index < -0.39 is 0 Å². The molecule has 0 atom stereocenters. The molecule has 8 nitrogen and oxygen atoms in total. The van der Waals surface area contributed by atoms with E-state index >= 15 is 0 Å². The Morgan fingerprint density at radius 2 is 1.75 bits per heavy atom. The molecule has 0 fully saturated rings. The number of aliphatic hydroxyl groups is 1. The molecule has 36 heavy (non-hydrogen) atoms. The lowest BCUT2D eigenvalue weighted by atomic mass is 10.1. The molecule has 0 saturated carbocycles. The van der Waals surface area contributed by atoms with Crippen molar-refractivity contribution >= 4 is 23.7 Å². The molecule has 1 aliphatic heterocycles. The Bertz CT molecular complexity index is 1090. The molecule has 0 spiro atoms. The normalized spacial score (nSPS) is 12.9. The number of ether oxygens (including phenoxy) is 4. The summed E-state index contributed by atoms with van der Waals surface area (Å²) in [5.41, 5.74) is 1.49. The second kappa shape index (κ2) is 14.1. The van der Waals surface area contributed by atoms with E-state index in [2.05, 4.69) is 4.90 Å². The molecule has 3 rings (SSSR count). The summed E-state index contributed by atoms with van der Waals surface area (Å²) < 4.78 is 22.3. The summed E-state index contributed by atoms with van der Waals surface area (Å²) >= 11 is 0. The SMILES string of the molecule is CCN(CCO)CCOc1ccc(/C=C/C(=O)CC(=O)/C=C/c2ccc3c(c2)OCCO3)c(OC)c1. The van der Waals surface area contributed by atoms with Crippen LogP contribution in [0.5, 0.6) is 23.0 Å². The van der Waals surface area contributed by atoms with Gasteiger partial charge in [-0.2, -0.15) is 0 Å². The topological polar surface area (TPSA) is 94.5 Å². The number of hydrogen-bond acceptors (Lipinski definition) is 8. The molecular weight excluding hydrogens is 462 g/mol. The first-order valence-electron chi connectivity index (χ1n) is 12.0. The van der Waals surface area contributed by atoms with Crippen LogP contribution in [0, 0.1) is 0 Å². The maximum Gasteiger partial charge on any atom is 0.163 e. The summed E-state index contributed by atoms with van der Waals surface area (Å²) in [5, 5.41) is 9.07. The standard InChI is InChI=1S/C28H33NO7/c1-3-29(12-14-30)13-15-34-25-10-7-22(27(20-25)33-2)6-9-24(32)19-23(31)8-4-21-5-11-26-28(18-21)36-17-16-35-26/h4-11,18,20,30H,3,12-17,19H2,1-2H3/b8-4+,9-6+. The first kappa shape index (κ1) is 27.0. The largest absolute Gasteiger partial charge is 0.496 e. The number of carbonyl (C=O) groups is 2.